The first-order valence-corrected chi connectivity index (χ1v) is 10.6. The Balaban J connectivity index is 1.27. The summed E-state index contributed by atoms with van der Waals surface area (Å²) in [6.45, 7) is 2.99. The van der Waals surface area contributed by atoms with E-state index in [-0.39, 0.29) is 5.91 Å². The third-order valence-electron chi connectivity index (χ3n) is 4.38. The number of nitrogens with zero attached hydrogens (tertiary/aromatic N) is 5. The van der Waals surface area contributed by atoms with E-state index in [9.17, 15) is 4.79 Å². The fraction of sp³-hybridized carbons (Fsp3) is 0.263. The summed E-state index contributed by atoms with van der Waals surface area (Å²) in [6.07, 6.45) is 5.13. The van der Waals surface area contributed by atoms with Gasteiger partial charge in [0.2, 0.25) is 5.91 Å². The number of anilines is 1. The van der Waals surface area contributed by atoms with Crippen LogP contribution in [0.5, 0.6) is 0 Å². The molecule has 0 N–H and O–H groups in total. The largest absolute Gasteiger partial charge is 0.352 e. The summed E-state index contributed by atoms with van der Waals surface area (Å²) < 4.78 is 0.931. The van der Waals surface area contributed by atoms with Crippen LogP contribution < -0.4 is 4.90 Å². The van der Waals surface area contributed by atoms with Crippen LogP contribution in [0.15, 0.2) is 58.6 Å². The van der Waals surface area contributed by atoms with Crippen LogP contribution in [0.4, 0.5) is 5.82 Å². The number of thiazole rings is 1. The number of hydrogen-bond donors (Lipinski definition) is 0. The second-order valence-electron chi connectivity index (χ2n) is 6.08. The molecule has 0 unspecified atom stereocenters. The van der Waals surface area contributed by atoms with Crippen LogP contribution in [-0.4, -0.2) is 57.7 Å². The van der Waals surface area contributed by atoms with Crippen molar-refractivity contribution >= 4 is 34.8 Å². The second kappa shape index (κ2) is 8.49. The Hall–Kier alpha value is -2.45. The van der Waals surface area contributed by atoms with Crippen molar-refractivity contribution in [2.75, 3.05) is 36.8 Å². The predicted molar refractivity (Wildman–Crippen MR) is 109 cm³/mol. The minimum Gasteiger partial charge on any atom is -0.352 e. The maximum absolute atomic E-state index is 12.5. The van der Waals surface area contributed by atoms with Crippen LogP contribution in [0.1, 0.15) is 0 Å². The molecular weight excluding hydrogens is 378 g/mol. The Morgan fingerprint density at radius 1 is 1.11 bits per heavy atom. The van der Waals surface area contributed by atoms with E-state index in [0.717, 1.165) is 34.5 Å². The number of hydrogen-bond acceptors (Lipinski definition) is 7. The minimum atomic E-state index is 0.162. The molecule has 0 bridgehead atoms. The van der Waals surface area contributed by atoms with Gasteiger partial charge < -0.3 is 9.80 Å². The summed E-state index contributed by atoms with van der Waals surface area (Å²) in [4.78, 5) is 29.7. The summed E-state index contributed by atoms with van der Waals surface area (Å²) in [7, 11) is 0. The average Bonchev–Trinajstić information content (AvgIpc) is 3.22. The van der Waals surface area contributed by atoms with E-state index in [1.165, 1.54) is 11.8 Å². The molecule has 1 saturated heterocycles. The fourth-order valence-electron chi connectivity index (χ4n) is 2.92. The first kappa shape index (κ1) is 17.9. The number of aromatic nitrogens is 3. The molecule has 0 atom stereocenters. The Kier molecular flexibility index (Phi) is 5.64. The SMILES string of the molecule is O=C(CSc1nc(-c2ccccc2)cs1)N1CCN(c2cnccn2)CC1. The van der Waals surface area contributed by atoms with Gasteiger partial charge in [0.15, 0.2) is 4.34 Å². The van der Waals surface area contributed by atoms with Gasteiger partial charge >= 0.3 is 0 Å². The molecule has 0 radical (unpaired) electrons. The van der Waals surface area contributed by atoms with Crippen molar-refractivity contribution in [3.63, 3.8) is 0 Å². The molecule has 0 spiro atoms. The highest BCUT2D eigenvalue weighted by Crippen LogP contribution is 2.28. The normalized spacial score (nSPS) is 14.4. The van der Waals surface area contributed by atoms with Crippen LogP contribution in [0, 0.1) is 0 Å². The maximum atomic E-state index is 12.5. The number of thioether (sulfide) groups is 1. The number of amides is 1. The topological polar surface area (TPSA) is 62.2 Å². The number of piperazine rings is 1. The van der Waals surface area contributed by atoms with E-state index >= 15 is 0 Å². The van der Waals surface area contributed by atoms with Gasteiger partial charge in [-0.3, -0.25) is 9.78 Å². The molecule has 0 saturated carbocycles. The summed E-state index contributed by atoms with van der Waals surface area (Å²) in [5.41, 5.74) is 2.07. The lowest BCUT2D eigenvalue weighted by Gasteiger charge is -2.35. The summed E-state index contributed by atoms with van der Waals surface area (Å²) in [5, 5.41) is 2.04. The van der Waals surface area contributed by atoms with Gasteiger partial charge in [0.05, 0.1) is 17.6 Å². The van der Waals surface area contributed by atoms with Crippen molar-refractivity contribution in [3.8, 4) is 11.3 Å². The van der Waals surface area contributed by atoms with Crippen LogP contribution in [-0.2, 0) is 4.79 Å². The lowest BCUT2D eigenvalue weighted by Crippen LogP contribution is -2.49. The van der Waals surface area contributed by atoms with E-state index in [0.29, 0.717) is 18.8 Å². The Morgan fingerprint density at radius 3 is 2.67 bits per heavy atom. The van der Waals surface area contributed by atoms with Crippen LogP contribution in [0.3, 0.4) is 0 Å². The Morgan fingerprint density at radius 2 is 1.93 bits per heavy atom. The molecule has 4 rings (SSSR count). The molecule has 1 amide bonds. The van der Waals surface area contributed by atoms with Crippen molar-refractivity contribution < 1.29 is 4.79 Å². The Labute approximate surface area is 166 Å². The van der Waals surface area contributed by atoms with Gasteiger partial charge in [-0.05, 0) is 0 Å². The van der Waals surface area contributed by atoms with E-state index in [2.05, 4.69) is 19.9 Å². The standard InChI is InChI=1S/C19H19N5OS2/c25-18(24-10-8-23(9-11-24)17-12-20-6-7-21-17)14-27-19-22-16(13-26-19)15-4-2-1-3-5-15/h1-7,12-13H,8-11,14H2. The van der Waals surface area contributed by atoms with Crippen molar-refractivity contribution in [1.29, 1.82) is 0 Å². The van der Waals surface area contributed by atoms with Gasteiger partial charge in [0.25, 0.3) is 0 Å². The van der Waals surface area contributed by atoms with Crippen LogP contribution in [0.25, 0.3) is 11.3 Å². The monoisotopic (exact) mass is 397 g/mol. The van der Waals surface area contributed by atoms with Crippen molar-refractivity contribution in [1.82, 2.24) is 19.9 Å². The predicted octanol–water partition coefficient (Wildman–Crippen LogP) is 3.04. The lowest BCUT2D eigenvalue weighted by atomic mass is 10.2. The molecule has 3 heterocycles. The third kappa shape index (κ3) is 4.45. The molecule has 6 nitrogen and oxygen atoms in total. The highest BCUT2D eigenvalue weighted by atomic mass is 32.2. The van der Waals surface area contributed by atoms with Gasteiger partial charge in [-0.2, -0.15) is 0 Å². The zero-order valence-electron chi connectivity index (χ0n) is 14.7. The third-order valence-corrected chi connectivity index (χ3v) is 6.38. The smallest absolute Gasteiger partial charge is 0.233 e. The maximum Gasteiger partial charge on any atom is 0.233 e. The molecule has 0 aliphatic carbocycles. The van der Waals surface area contributed by atoms with Gasteiger partial charge in [-0.15, -0.1) is 11.3 Å². The highest BCUT2D eigenvalue weighted by molar-refractivity contribution is 8.01. The molecule has 1 aliphatic heterocycles. The number of benzene rings is 1. The first-order valence-electron chi connectivity index (χ1n) is 8.72. The van der Waals surface area contributed by atoms with Crippen LogP contribution in [0.2, 0.25) is 0 Å². The van der Waals surface area contributed by atoms with Gasteiger partial charge in [-0.1, -0.05) is 42.1 Å². The zero-order chi connectivity index (χ0) is 18.5. The van der Waals surface area contributed by atoms with Gasteiger partial charge in [0.1, 0.15) is 5.82 Å². The van der Waals surface area contributed by atoms with Gasteiger partial charge in [0, 0.05) is 49.5 Å². The summed E-state index contributed by atoms with van der Waals surface area (Å²) in [5.74, 6) is 1.46. The van der Waals surface area contributed by atoms with E-state index in [1.54, 1.807) is 29.9 Å². The number of rotatable bonds is 5. The minimum absolute atomic E-state index is 0.162. The first-order chi connectivity index (χ1) is 13.3. The second-order valence-corrected chi connectivity index (χ2v) is 8.17. The number of carbonyl (C=O) groups excluding carboxylic acids is 1. The molecule has 1 aromatic carbocycles. The fourth-order valence-corrected chi connectivity index (χ4v) is 4.66. The molecule has 1 aliphatic rings. The van der Waals surface area contributed by atoms with E-state index in [1.807, 2.05) is 40.6 Å². The van der Waals surface area contributed by atoms with Gasteiger partial charge in [-0.25, -0.2) is 9.97 Å². The summed E-state index contributed by atoms with van der Waals surface area (Å²) >= 11 is 3.10. The highest BCUT2D eigenvalue weighted by Gasteiger charge is 2.22. The van der Waals surface area contributed by atoms with Crippen molar-refractivity contribution in [2.24, 2.45) is 0 Å². The van der Waals surface area contributed by atoms with Crippen LogP contribution >= 0.6 is 23.1 Å². The lowest BCUT2D eigenvalue weighted by molar-refractivity contribution is -0.128. The van der Waals surface area contributed by atoms with Crippen molar-refractivity contribution in [2.45, 2.75) is 4.34 Å². The van der Waals surface area contributed by atoms with E-state index in [4.69, 9.17) is 0 Å². The van der Waals surface area contributed by atoms with E-state index < -0.39 is 0 Å². The Bertz CT molecular complexity index is 879. The zero-order valence-corrected chi connectivity index (χ0v) is 16.3. The molecule has 8 heteroatoms. The molecule has 2 aromatic heterocycles. The number of carbonyl (C=O) groups is 1. The van der Waals surface area contributed by atoms with Crippen molar-refractivity contribution in [3.05, 3.63) is 54.3 Å². The molecule has 27 heavy (non-hydrogen) atoms. The molecule has 1 fully saturated rings. The molecule has 3 aromatic rings. The average molecular weight is 398 g/mol. The molecular formula is C19H19N5OS2. The quantitative estimate of drug-likeness (QED) is 0.617. The molecule has 138 valence electrons. The summed E-state index contributed by atoms with van der Waals surface area (Å²) in [6, 6.07) is 10.1.